The van der Waals surface area contributed by atoms with E-state index in [0.717, 1.165) is 29.1 Å². The highest BCUT2D eigenvalue weighted by Crippen LogP contribution is 2.24. The molecule has 0 unspecified atom stereocenters. The van der Waals surface area contributed by atoms with Gasteiger partial charge in [0, 0.05) is 11.5 Å². The van der Waals surface area contributed by atoms with E-state index in [1.54, 1.807) is 6.33 Å². The third-order valence-corrected chi connectivity index (χ3v) is 4.25. The zero-order chi connectivity index (χ0) is 17.9. The van der Waals surface area contributed by atoms with E-state index in [4.69, 9.17) is 0 Å². The van der Waals surface area contributed by atoms with Crippen LogP contribution in [0.3, 0.4) is 0 Å². The second-order valence-corrected chi connectivity index (χ2v) is 6.44. The molecular formula is C19H19N7. The van der Waals surface area contributed by atoms with Crippen LogP contribution in [0.1, 0.15) is 31.2 Å². The molecule has 0 radical (unpaired) electrons. The molecule has 4 aromatic rings. The van der Waals surface area contributed by atoms with Crippen molar-refractivity contribution in [3.8, 4) is 22.5 Å². The Morgan fingerprint density at radius 1 is 1.00 bits per heavy atom. The van der Waals surface area contributed by atoms with Crippen molar-refractivity contribution in [2.24, 2.45) is 0 Å². The molecule has 1 N–H and O–H groups in total. The van der Waals surface area contributed by atoms with Crippen molar-refractivity contribution in [3.63, 3.8) is 0 Å². The summed E-state index contributed by atoms with van der Waals surface area (Å²) in [5.41, 5.74) is 4.38. The predicted molar refractivity (Wildman–Crippen MR) is 98.3 cm³/mol. The topological polar surface area (TPSA) is 85.2 Å². The summed E-state index contributed by atoms with van der Waals surface area (Å²) < 4.78 is 1.95. The van der Waals surface area contributed by atoms with E-state index in [-0.39, 0.29) is 0 Å². The average Bonchev–Trinajstić information content (AvgIpc) is 3.34. The van der Waals surface area contributed by atoms with Crippen LogP contribution < -0.4 is 0 Å². The van der Waals surface area contributed by atoms with E-state index in [0.29, 0.717) is 11.7 Å². The molecular weight excluding hydrogens is 326 g/mol. The molecule has 2 heterocycles. The highest BCUT2D eigenvalue weighted by molar-refractivity contribution is 5.70. The molecule has 0 fully saturated rings. The summed E-state index contributed by atoms with van der Waals surface area (Å²) in [6.07, 6.45) is 1.62. The number of hydrogen-bond donors (Lipinski definition) is 1. The van der Waals surface area contributed by atoms with Gasteiger partial charge in [-0.15, -0.1) is 10.2 Å². The Hall–Kier alpha value is -3.35. The minimum atomic E-state index is 0.352. The summed E-state index contributed by atoms with van der Waals surface area (Å²) >= 11 is 0. The van der Waals surface area contributed by atoms with Crippen molar-refractivity contribution in [1.82, 2.24) is 35.4 Å². The van der Waals surface area contributed by atoms with Crippen LogP contribution in [0.4, 0.5) is 0 Å². The number of H-pyrrole nitrogens is 1. The van der Waals surface area contributed by atoms with Crippen LogP contribution in [0, 0.1) is 0 Å². The monoisotopic (exact) mass is 345 g/mol. The highest BCUT2D eigenvalue weighted by Gasteiger charge is 2.09. The van der Waals surface area contributed by atoms with Gasteiger partial charge in [0.1, 0.15) is 12.2 Å². The first-order chi connectivity index (χ1) is 12.7. The predicted octanol–water partition coefficient (Wildman–Crippen LogP) is 3.30. The quantitative estimate of drug-likeness (QED) is 0.600. The Morgan fingerprint density at radius 2 is 1.81 bits per heavy atom. The van der Waals surface area contributed by atoms with Gasteiger partial charge in [-0.1, -0.05) is 56.3 Å². The number of tetrazole rings is 1. The maximum absolute atomic E-state index is 4.34. The third-order valence-electron chi connectivity index (χ3n) is 4.25. The van der Waals surface area contributed by atoms with E-state index >= 15 is 0 Å². The molecule has 7 heteroatoms. The van der Waals surface area contributed by atoms with Crippen molar-refractivity contribution in [3.05, 3.63) is 66.2 Å². The maximum Gasteiger partial charge on any atom is 0.204 e. The van der Waals surface area contributed by atoms with Crippen molar-refractivity contribution < 1.29 is 0 Å². The Morgan fingerprint density at radius 3 is 2.54 bits per heavy atom. The molecule has 2 aromatic heterocycles. The van der Waals surface area contributed by atoms with Crippen LogP contribution >= 0.6 is 0 Å². The largest absolute Gasteiger partial charge is 0.245 e. The lowest BCUT2D eigenvalue weighted by Gasteiger charge is -2.09. The van der Waals surface area contributed by atoms with Crippen molar-refractivity contribution >= 4 is 0 Å². The number of rotatable bonds is 5. The van der Waals surface area contributed by atoms with Gasteiger partial charge in [0.25, 0.3) is 0 Å². The molecule has 0 saturated carbocycles. The lowest BCUT2D eigenvalue weighted by molar-refractivity contribution is 0.607. The zero-order valence-electron chi connectivity index (χ0n) is 14.7. The summed E-state index contributed by atoms with van der Waals surface area (Å²) in [6, 6.07) is 16.6. The van der Waals surface area contributed by atoms with Gasteiger partial charge in [0.15, 0.2) is 0 Å². The lowest BCUT2D eigenvalue weighted by Crippen LogP contribution is -2.08. The summed E-state index contributed by atoms with van der Waals surface area (Å²) in [6.45, 7) is 4.97. The molecule has 130 valence electrons. The number of nitrogens with one attached hydrogen (secondary N) is 1. The van der Waals surface area contributed by atoms with Crippen LogP contribution in [0.15, 0.2) is 54.9 Å². The zero-order valence-corrected chi connectivity index (χ0v) is 14.7. The number of aromatic nitrogens is 7. The molecule has 0 bridgehead atoms. The smallest absolute Gasteiger partial charge is 0.204 e. The average molecular weight is 345 g/mol. The molecule has 7 nitrogen and oxygen atoms in total. The van der Waals surface area contributed by atoms with E-state index in [1.165, 1.54) is 5.56 Å². The summed E-state index contributed by atoms with van der Waals surface area (Å²) in [7, 11) is 0. The fourth-order valence-corrected chi connectivity index (χ4v) is 2.94. The molecule has 0 aliphatic carbocycles. The van der Waals surface area contributed by atoms with Gasteiger partial charge in [-0.05, 0) is 28.0 Å². The number of nitrogens with zero attached hydrogens (tertiary/aromatic N) is 6. The van der Waals surface area contributed by atoms with Crippen LogP contribution in [-0.2, 0) is 6.54 Å². The molecule has 4 rings (SSSR count). The van der Waals surface area contributed by atoms with Crippen molar-refractivity contribution in [2.75, 3.05) is 0 Å². The summed E-state index contributed by atoms with van der Waals surface area (Å²) in [4.78, 5) is 4.34. The summed E-state index contributed by atoms with van der Waals surface area (Å²) in [5.74, 6) is 1.95. The molecule has 0 aliphatic rings. The lowest BCUT2D eigenvalue weighted by atomic mass is 10.0. The first kappa shape index (κ1) is 16.1. The van der Waals surface area contributed by atoms with Gasteiger partial charge in [-0.25, -0.2) is 9.67 Å². The Kier molecular flexibility index (Phi) is 4.27. The molecule has 0 spiro atoms. The molecule has 0 saturated heterocycles. The third kappa shape index (κ3) is 3.23. The van der Waals surface area contributed by atoms with Gasteiger partial charge in [0.05, 0.1) is 6.54 Å². The second-order valence-electron chi connectivity index (χ2n) is 6.44. The SMILES string of the molecule is CC(C)c1ncnn1Cc1ccc(-c2cccc(-c3nn[nH]n3)c2)cc1. The normalized spacial score (nSPS) is 11.2. The second kappa shape index (κ2) is 6.87. The molecule has 0 amide bonds. The van der Waals surface area contributed by atoms with E-state index in [1.807, 2.05) is 16.8 Å². The van der Waals surface area contributed by atoms with Crippen molar-refractivity contribution in [1.29, 1.82) is 0 Å². The van der Waals surface area contributed by atoms with Gasteiger partial charge in [0.2, 0.25) is 5.82 Å². The molecule has 0 atom stereocenters. The number of benzene rings is 2. The minimum absolute atomic E-state index is 0.352. The number of aromatic amines is 1. The van der Waals surface area contributed by atoms with Gasteiger partial charge >= 0.3 is 0 Å². The van der Waals surface area contributed by atoms with Crippen LogP contribution in [0.2, 0.25) is 0 Å². The van der Waals surface area contributed by atoms with E-state index in [9.17, 15) is 0 Å². The Balaban J connectivity index is 1.56. The maximum atomic E-state index is 4.34. The Labute approximate surface area is 151 Å². The molecule has 0 aliphatic heterocycles. The number of hydrogen-bond acceptors (Lipinski definition) is 5. The highest BCUT2D eigenvalue weighted by atomic mass is 15.5. The van der Waals surface area contributed by atoms with E-state index in [2.05, 4.69) is 81.0 Å². The molecule has 2 aromatic carbocycles. The molecule has 26 heavy (non-hydrogen) atoms. The fraction of sp³-hybridized carbons (Fsp3) is 0.211. The summed E-state index contributed by atoms with van der Waals surface area (Å²) in [5, 5.41) is 18.5. The van der Waals surface area contributed by atoms with Crippen LogP contribution in [-0.4, -0.2) is 35.4 Å². The van der Waals surface area contributed by atoms with E-state index < -0.39 is 0 Å². The standard InChI is InChI=1S/C19H19N7/c1-13(2)19-20-12-21-26(19)11-14-6-8-15(9-7-14)16-4-3-5-17(10-16)18-22-24-25-23-18/h3-10,12-13H,11H2,1-2H3,(H,22,23,24,25). The fourth-order valence-electron chi connectivity index (χ4n) is 2.94. The van der Waals surface area contributed by atoms with Crippen LogP contribution in [0.25, 0.3) is 22.5 Å². The first-order valence-electron chi connectivity index (χ1n) is 8.51. The van der Waals surface area contributed by atoms with Gasteiger partial charge < -0.3 is 0 Å². The van der Waals surface area contributed by atoms with Gasteiger partial charge in [-0.3, -0.25) is 0 Å². The van der Waals surface area contributed by atoms with Crippen molar-refractivity contribution in [2.45, 2.75) is 26.3 Å². The Bertz CT molecular complexity index is 985. The van der Waals surface area contributed by atoms with Gasteiger partial charge in [-0.2, -0.15) is 10.3 Å². The minimum Gasteiger partial charge on any atom is -0.245 e. The first-order valence-corrected chi connectivity index (χ1v) is 8.51. The van der Waals surface area contributed by atoms with Crippen LogP contribution in [0.5, 0.6) is 0 Å².